The summed E-state index contributed by atoms with van der Waals surface area (Å²) in [5.41, 5.74) is 3.42. The van der Waals surface area contributed by atoms with Gasteiger partial charge in [-0.3, -0.25) is 9.80 Å². The van der Waals surface area contributed by atoms with Crippen molar-refractivity contribution in [1.82, 2.24) is 19.8 Å². The maximum atomic E-state index is 6.08. The summed E-state index contributed by atoms with van der Waals surface area (Å²) < 4.78 is 7.08. The summed E-state index contributed by atoms with van der Waals surface area (Å²) in [5, 5.41) is 4.71. The Morgan fingerprint density at radius 2 is 2.03 bits per heavy atom. The maximum Gasteiger partial charge on any atom is 0.142 e. The van der Waals surface area contributed by atoms with E-state index < -0.39 is 0 Å². The number of aromatic nitrogens is 2. The number of nitrogens with zero attached hydrogens (tertiary/aromatic N) is 4. The van der Waals surface area contributed by atoms with Gasteiger partial charge in [-0.25, -0.2) is 9.97 Å². The number of nitrogens with one attached hydrogen (secondary N) is 1. The Balaban J connectivity index is 1.40. The number of aryl methyl sites for hydroxylation is 1. The van der Waals surface area contributed by atoms with Crippen molar-refractivity contribution in [1.29, 1.82) is 0 Å². The summed E-state index contributed by atoms with van der Waals surface area (Å²) in [6.45, 7) is 6.31. The van der Waals surface area contributed by atoms with Crippen LogP contribution in [0.3, 0.4) is 0 Å². The highest BCUT2D eigenvalue weighted by molar-refractivity contribution is 9.10. The van der Waals surface area contributed by atoms with Crippen molar-refractivity contribution in [2.45, 2.75) is 33.0 Å². The molecule has 0 aliphatic carbocycles. The fraction of sp³-hybridized carbons (Fsp3) is 0.308. The number of hydrogen-bond acceptors (Lipinski definition) is 7. The SMILES string of the molecule is Cc1cc(Nc2ncnc3sc4c(c23)CCN(C(C)N(C)C)C4)ccc1Oc1cccc(Br)c1. The molecule has 0 radical (unpaired) electrons. The van der Waals surface area contributed by atoms with E-state index in [1.165, 1.54) is 10.4 Å². The van der Waals surface area contributed by atoms with Crippen molar-refractivity contribution in [2.75, 3.05) is 26.0 Å². The first kappa shape index (κ1) is 23.2. The lowest BCUT2D eigenvalue weighted by molar-refractivity contribution is 0.0829. The van der Waals surface area contributed by atoms with E-state index >= 15 is 0 Å². The Morgan fingerprint density at radius 3 is 2.79 bits per heavy atom. The molecule has 2 aromatic carbocycles. The van der Waals surface area contributed by atoms with Gasteiger partial charge in [0.05, 0.1) is 11.6 Å². The fourth-order valence-electron chi connectivity index (χ4n) is 4.32. The summed E-state index contributed by atoms with van der Waals surface area (Å²) in [6.07, 6.45) is 3.07. The number of halogens is 1. The minimum absolute atomic E-state index is 0.405. The number of thiophene rings is 1. The van der Waals surface area contributed by atoms with Gasteiger partial charge in [-0.2, -0.15) is 0 Å². The first-order valence-corrected chi connectivity index (χ1v) is 13.0. The number of rotatable bonds is 6. The highest BCUT2D eigenvalue weighted by atomic mass is 79.9. The molecule has 0 bridgehead atoms. The average Bonchev–Trinajstić information content (AvgIpc) is 3.19. The summed E-state index contributed by atoms with van der Waals surface area (Å²) in [5.74, 6) is 2.51. The molecule has 1 N–H and O–H groups in total. The summed E-state index contributed by atoms with van der Waals surface area (Å²) in [7, 11) is 4.27. The summed E-state index contributed by atoms with van der Waals surface area (Å²) >= 11 is 5.29. The van der Waals surface area contributed by atoms with E-state index in [9.17, 15) is 0 Å². The molecule has 0 saturated heterocycles. The van der Waals surface area contributed by atoms with Crippen molar-refractivity contribution >= 4 is 49.0 Å². The zero-order valence-corrected chi connectivity index (χ0v) is 22.2. The van der Waals surface area contributed by atoms with Crippen molar-refractivity contribution in [2.24, 2.45) is 0 Å². The minimum atomic E-state index is 0.405. The third-order valence-corrected chi connectivity index (χ3v) is 8.02. The van der Waals surface area contributed by atoms with Crippen molar-refractivity contribution < 1.29 is 4.74 Å². The summed E-state index contributed by atoms with van der Waals surface area (Å²) in [6, 6.07) is 14.0. The third kappa shape index (κ3) is 4.68. The van der Waals surface area contributed by atoms with Crippen LogP contribution in [0.25, 0.3) is 10.2 Å². The van der Waals surface area contributed by atoms with Gasteiger partial charge in [0.15, 0.2) is 0 Å². The Bertz CT molecular complexity index is 1340. The fourth-order valence-corrected chi connectivity index (χ4v) is 5.91. The average molecular weight is 539 g/mol. The van der Waals surface area contributed by atoms with Gasteiger partial charge in [0.2, 0.25) is 0 Å². The molecule has 0 amide bonds. The Labute approximate surface area is 212 Å². The lowest BCUT2D eigenvalue weighted by atomic mass is 10.0. The van der Waals surface area contributed by atoms with E-state index in [1.54, 1.807) is 17.7 Å². The van der Waals surface area contributed by atoms with E-state index in [0.717, 1.165) is 62.8 Å². The molecule has 176 valence electrons. The van der Waals surface area contributed by atoms with Crippen LogP contribution in [0.15, 0.2) is 53.3 Å². The van der Waals surface area contributed by atoms with E-state index in [0.29, 0.717) is 6.17 Å². The molecule has 6 nitrogen and oxygen atoms in total. The van der Waals surface area contributed by atoms with Crippen LogP contribution in [-0.4, -0.2) is 46.6 Å². The van der Waals surface area contributed by atoms with Crippen molar-refractivity contribution in [3.63, 3.8) is 0 Å². The van der Waals surface area contributed by atoms with E-state index in [-0.39, 0.29) is 0 Å². The molecule has 34 heavy (non-hydrogen) atoms. The van der Waals surface area contributed by atoms with Gasteiger partial charge >= 0.3 is 0 Å². The molecule has 5 rings (SSSR count). The highest BCUT2D eigenvalue weighted by Gasteiger charge is 2.27. The molecular formula is C26H28BrN5OS. The number of benzene rings is 2. The standard InChI is InChI=1S/C26H28BrN5OS/c1-16-12-19(8-9-22(16)33-20-7-5-6-18(27)13-20)30-25-24-21-10-11-32(17(2)31(3)4)14-23(21)34-26(24)29-15-28-25/h5-9,12-13,15,17H,10-11,14H2,1-4H3,(H,28,29,30). The molecule has 0 saturated carbocycles. The third-order valence-electron chi connectivity index (χ3n) is 6.40. The molecule has 3 heterocycles. The van der Waals surface area contributed by atoms with Crippen LogP contribution in [0.5, 0.6) is 11.5 Å². The lowest BCUT2D eigenvalue weighted by Crippen LogP contribution is -2.44. The van der Waals surface area contributed by atoms with E-state index in [4.69, 9.17) is 4.74 Å². The zero-order chi connectivity index (χ0) is 23.8. The molecule has 1 atom stereocenters. The molecule has 4 aromatic rings. The molecule has 1 aliphatic heterocycles. The topological polar surface area (TPSA) is 53.5 Å². The number of hydrogen-bond donors (Lipinski definition) is 1. The number of fused-ring (bicyclic) bond motifs is 3. The van der Waals surface area contributed by atoms with Gasteiger partial charge in [0, 0.05) is 28.1 Å². The Kier molecular flexibility index (Phi) is 6.57. The first-order chi connectivity index (χ1) is 16.4. The van der Waals surface area contributed by atoms with Crippen LogP contribution in [0.4, 0.5) is 11.5 Å². The predicted molar refractivity (Wildman–Crippen MR) is 143 cm³/mol. The zero-order valence-electron chi connectivity index (χ0n) is 19.8. The molecule has 8 heteroatoms. The van der Waals surface area contributed by atoms with Crippen molar-refractivity contribution in [3.8, 4) is 11.5 Å². The second-order valence-electron chi connectivity index (χ2n) is 8.89. The second-order valence-corrected chi connectivity index (χ2v) is 10.9. The van der Waals surface area contributed by atoms with Crippen LogP contribution >= 0.6 is 27.3 Å². The van der Waals surface area contributed by atoms with Crippen LogP contribution in [-0.2, 0) is 13.0 Å². The quantitative estimate of drug-likeness (QED) is 0.300. The predicted octanol–water partition coefficient (Wildman–Crippen LogP) is 6.56. The van der Waals surface area contributed by atoms with Gasteiger partial charge in [-0.15, -0.1) is 11.3 Å². The Hall–Kier alpha value is -2.52. The smallest absolute Gasteiger partial charge is 0.142 e. The number of anilines is 2. The minimum Gasteiger partial charge on any atom is -0.457 e. The molecule has 1 aliphatic rings. The molecule has 1 unspecified atom stereocenters. The highest BCUT2D eigenvalue weighted by Crippen LogP contribution is 2.39. The summed E-state index contributed by atoms with van der Waals surface area (Å²) in [4.78, 5) is 16.4. The van der Waals surface area contributed by atoms with Crippen LogP contribution in [0.2, 0.25) is 0 Å². The largest absolute Gasteiger partial charge is 0.457 e. The van der Waals surface area contributed by atoms with Crippen LogP contribution in [0.1, 0.15) is 22.9 Å². The van der Waals surface area contributed by atoms with E-state index in [2.05, 4.69) is 75.0 Å². The van der Waals surface area contributed by atoms with Crippen LogP contribution < -0.4 is 10.1 Å². The van der Waals surface area contributed by atoms with Gasteiger partial charge < -0.3 is 10.1 Å². The van der Waals surface area contributed by atoms with Gasteiger partial charge in [-0.1, -0.05) is 22.0 Å². The van der Waals surface area contributed by atoms with Gasteiger partial charge in [0.1, 0.15) is 28.5 Å². The van der Waals surface area contributed by atoms with Gasteiger partial charge in [-0.05, 0) is 81.9 Å². The normalized spacial score (nSPS) is 14.9. The second kappa shape index (κ2) is 9.62. The Morgan fingerprint density at radius 1 is 1.18 bits per heavy atom. The maximum absolute atomic E-state index is 6.08. The lowest BCUT2D eigenvalue weighted by Gasteiger charge is -2.35. The molecule has 0 fully saturated rings. The molecular weight excluding hydrogens is 510 g/mol. The first-order valence-electron chi connectivity index (χ1n) is 11.4. The van der Waals surface area contributed by atoms with Gasteiger partial charge in [0.25, 0.3) is 0 Å². The molecule has 0 spiro atoms. The number of ether oxygens (including phenoxy) is 1. The molecule has 2 aromatic heterocycles. The van der Waals surface area contributed by atoms with Crippen LogP contribution in [0, 0.1) is 6.92 Å². The van der Waals surface area contributed by atoms with E-state index in [1.807, 2.05) is 36.4 Å². The monoisotopic (exact) mass is 537 g/mol. The van der Waals surface area contributed by atoms with Crippen molar-refractivity contribution in [3.05, 3.63) is 69.3 Å².